The first-order valence-electron chi connectivity index (χ1n) is 4.85. The van der Waals surface area contributed by atoms with E-state index in [0.29, 0.717) is 25.3 Å². The van der Waals surface area contributed by atoms with Gasteiger partial charge in [-0.2, -0.15) is 4.91 Å². The average Bonchev–Trinajstić information content (AvgIpc) is 2.09. The van der Waals surface area contributed by atoms with Crippen molar-refractivity contribution in [1.29, 1.82) is 0 Å². The van der Waals surface area contributed by atoms with Crippen LogP contribution in [-0.4, -0.2) is 23.8 Å². The van der Waals surface area contributed by atoms with E-state index in [1.54, 1.807) is 0 Å². The van der Waals surface area contributed by atoms with Gasteiger partial charge in [-0.25, -0.2) is 4.79 Å². The van der Waals surface area contributed by atoms with E-state index in [0.717, 1.165) is 6.42 Å². The molecule has 0 spiro atoms. The Balaban J connectivity index is 3.52. The lowest BCUT2D eigenvalue weighted by Gasteiger charge is -2.10. The highest BCUT2D eigenvalue weighted by molar-refractivity contribution is 5.64. The third-order valence-electron chi connectivity index (χ3n) is 1.88. The van der Waals surface area contributed by atoms with Crippen LogP contribution in [0.4, 0.5) is 4.79 Å². The van der Waals surface area contributed by atoms with Crippen molar-refractivity contribution in [3.05, 3.63) is 4.91 Å². The quantitative estimate of drug-likeness (QED) is 0.490. The van der Waals surface area contributed by atoms with E-state index in [-0.39, 0.29) is 6.04 Å². The van der Waals surface area contributed by atoms with Crippen molar-refractivity contribution in [2.24, 2.45) is 11.1 Å². The lowest BCUT2D eigenvalue weighted by atomic mass is 10.0. The van der Waals surface area contributed by atoms with Gasteiger partial charge in [0.25, 0.3) is 0 Å². The van der Waals surface area contributed by atoms with Crippen molar-refractivity contribution in [3.8, 4) is 0 Å². The predicted octanol–water partition coefficient (Wildman–Crippen LogP) is 2.22. The molecule has 5 nitrogen and oxygen atoms in total. The van der Waals surface area contributed by atoms with Gasteiger partial charge >= 0.3 is 6.09 Å². The minimum Gasteiger partial charge on any atom is -0.465 e. The number of hydrogen-bond acceptors (Lipinski definition) is 3. The zero-order valence-corrected chi connectivity index (χ0v) is 8.69. The molecule has 14 heavy (non-hydrogen) atoms. The molecule has 5 heteroatoms. The molecule has 1 amide bonds. The normalized spacial score (nSPS) is 12.5. The average molecular weight is 202 g/mol. The SMILES string of the molecule is CC(C)CC(CCCNC(=O)O)N=O. The summed E-state index contributed by atoms with van der Waals surface area (Å²) >= 11 is 0. The van der Waals surface area contributed by atoms with E-state index < -0.39 is 6.09 Å². The van der Waals surface area contributed by atoms with Crippen LogP contribution in [0.25, 0.3) is 0 Å². The second kappa shape index (κ2) is 7.29. The number of carbonyl (C=O) groups is 1. The van der Waals surface area contributed by atoms with Crippen LogP contribution in [0.1, 0.15) is 33.1 Å². The van der Waals surface area contributed by atoms with Crippen molar-refractivity contribution < 1.29 is 9.90 Å². The topological polar surface area (TPSA) is 78.8 Å². The van der Waals surface area contributed by atoms with E-state index in [4.69, 9.17) is 5.11 Å². The van der Waals surface area contributed by atoms with Crippen LogP contribution in [0.2, 0.25) is 0 Å². The van der Waals surface area contributed by atoms with Gasteiger partial charge < -0.3 is 10.4 Å². The summed E-state index contributed by atoms with van der Waals surface area (Å²) in [7, 11) is 0. The summed E-state index contributed by atoms with van der Waals surface area (Å²) in [5.74, 6) is 0.449. The molecule has 0 aromatic heterocycles. The van der Waals surface area contributed by atoms with Crippen LogP contribution in [0.15, 0.2) is 5.18 Å². The molecule has 1 unspecified atom stereocenters. The van der Waals surface area contributed by atoms with Crippen molar-refractivity contribution in [2.75, 3.05) is 6.54 Å². The first kappa shape index (κ1) is 12.9. The van der Waals surface area contributed by atoms with Crippen molar-refractivity contribution in [1.82, 2.24) is 5.32 Å². The van der Waals surface area contributed by atoms with Gasteiger partial charge in [-0.1, -0.05) is 19.0 Å². The summed E-state index contributed by atoms with van der Waals surface area (Å²) in [6.45, 7) is 4.46. The maximum absolute atomic E-state index is 10.4. The van der Waals surface area contributed by atoms with Crippen molar-refractivity contribution in [3.63, 3.8) is 0 Å². The van der Waals surface area contributed by atoms with Crippen LogP contribution < -0.4 is 5.32 Å². The van der Waals surface area contributed by atoms with Crippen LogP contribution >= 0.6 is 0 Å². The fraction of sp³-hybridized carbons (Fsp3) is 0.889. The Morgan fingerprint density at radius 3 is 2.57 bits per heavy atom. The minimum absolute atomic E-state index is 0.175. The Kier molecular flexibility index (Phi) is 6.70. The molecular formula is C9H18N2O3. The van der Waals surface area contributed by atoms with Crippen molar-refractivity contribution >= 4 is 6.09 Å². The number of nitrogens with zero attached hydrogens (tertiary/aromatic N) is 1. The van der Waals surface area contributed by atoms with E-state index >= 15 is 0 Å². The molecule has 0 bridgehead atoms. The van der Waals surface area contributed by atoms with E-state index in [2.05, 4.69) is 10.5 Å². The Morgan fingerprint density at radius 1 is 1.50 bits per heavy atom. The molecule has 0 aliphatic heterocycles. The first-order valence-corrected chi connectivity index (χ1v) is 4.85. The Morgan fingerprint density at radius 2 is 2.14 bits per heavy atom. The summed E-state index contributed by atoms with van der Waals surface area (Å²) in [5.41, 5.74) is 0. The third-order valence-corrected chi connectivity index (χ3v) is 1.88. The lowest BCUT2D eigenvalue weighted by molar-refractivity contribution is 0.194. The zero-order valence-electron chi connectivity index (χ0n) is 8.69. The Labute approximate surface area is 83.9 Å². The minimum atomic E-state index is -1.02. The second-order valence-electron chi connectivity index (χ2n) is 3.76. The zero-order chi connectivity index (χ0) is 11.0. The summed E-state index contributed by atoms with van der Waals surface area (Å²) in [6, 6.07) is -0.175. The molecule has 0 aliphatic carbocycles. The molecule has 0 heterocycles. The number of amides is 1. The fourth-order valence-electron chi connectivity index (χ4n) is 1.29. The summed E-state index contributed by atoms with van der Waals surface area (Å²) in [6.07, 6.45) is 1.07. The molecule has 1 atom stereocenters. The van der Waals surface area contributed by atoms with Crippen LogP contribution in [-0.2, 0) is 0 Å². The molecule has 0 aliphatic rings. The van der Waals surface area contributed by atoms with E-state index in [9.17, 15) is 9.70 Å². The van der Waals surface area contributed by atoms with Gasteiger partial charge in [0.15, 0.2) is 0 Å². The van der Waals surface area contributed by atoms with Gasteiger partial charge in [0.05, 0.1) is 6.04 Å². The summed E-state index contributed by atoms with van der Waals surface area (Å²) in [4.78, 5) is 20.5. The molecule has 0 fully saturated rings. The maximum atomic E-state index is 10.4. The van der Waals surface area contributed by atoms with Gasteiger partial charge in [-0.15, -0.1) is 0 Å². The highest BCUT2D eigenvalue weighted by Gasteiger charge is 2.10. The number of carboxylic acid groups (broad SMARTS) is 1. The molecule has 0 aromatic rings. The summed E-state index contributed by atoms with van der Waals surface area (Å²) < 4.78 is 0. The molecule has 0 saturated heterocycles. The Bertz CT molecular complexity index is 183. The van der Waals surface area contributed by atoms with Crippen LogP contribution in [0.3, 0.4) is 0 Å². The van der Waals surface area contributed by atoms with Gasteiger partial charge in [0.2, 0.25) is 0 Å². The van der Waals surface area contributed by atoms with Crippen molar-refractivity contribution in [2.45, 2.75) is 39.2 Å². The molecule has 0 aromatic carbocycles. The number of nitroso groups, excluding NO2 is 1. The highest BCUT2D eigenvalue weighted by Crippen LogP contribution is 2.12. The van der Waals surface area contributed by atoms with Gasteiger partial charge in [-0.3, -0.25) is 0 Å². The highest BCUT2D eigenvalue weighted by atomic mass is 16.4. The van der Waals surface area contributed by atoms with Gasteiger partial charge in [-0.05, 0) is 25.2 Å². The summed E-state index contributed by atoms with van der Waals surface area (Å²) in [5, 5.41) is 13.6. The maximum Gasteiger partial charge on any atom is 0.404 e. The third kappa shape index (κ3) is 7.52. The second-order valence-corrected chi connectivity index (χ2v) is 3.76. The van der Waals surface area contributed by atoms with Crippen LogP contribution in [0, 0.1) is 10.8 Å². The standard InChI is InChI=1S/C9H18N2O3/c1-7(2)6-8(11-14)4-3-5-10-9(12)13/h7-8,10H,3-6H2,1-2H3,(H,12,13). The fourth-order valence-corrected chi connectivity index (χ4v) is 1.29. The molecule has 82 valence electrons. The Hall–Kier alpha value is -1.13. The molecule has 0 saturated carbocycles. The van der Waals surface area contributed by atoms with E-state index in [1.165, 1.54) is 0 Å². The van der Waals surface area contributed by atoms with Gasteiger partial charge in [0.1, 0.15) is 0 Å². The monoisotopic (exact) mass is 202 g/mol. The number of rotatable bonds is 7. The molecular weight excluding hydrogens is 184 g/mol. The largest absolute Gasteiger partial charge is 0.465 e. The van der Waals surface area contributed by atoms with Crippen LogP contribution in [0.5, 0.6) is 0 Å². The molecule has 2 N–H and O–H groups in total. The smallest absolute Gasteiger partial charge is 0.404 e. The number of nitrogens with one attached hydrogen (secondary N) is 1. The first-order chi connectivity index (χ1) is 6.56. The molecule has 0 rings (SSSR count). The number of hydrogen-bond donors (Lipinski definition) is 2. The predicted molar refractivity (Wildman–Crippen MR) is 54.3 cm³/mol. The van der Waals surface area contributed by atoms with Gasteiger partial charge in [0, 0.05) is 6.54 Å². The lowest BCUT2D eigenvalue weighted by Crippen LogP contribution is -2.22. The molecule has 0 radical (unpaired) electrons. The van der Waals surface area contributed by atoms with E-state index in [1.807, 2.05) is 13.8 Å².